The minimum Gasteiger partial charge on any atom is -0.493 e. The topological polar surface area (TPSA) is 59.6 Å². The first-order valence-corrected chi connectivity index (χ1v) is 11.8. The third-order valence-electron chi connectivity index (χ3n) is 6.91. The van der Waals surface area contributed by atoms with Crippen LogP contribution in [0.1, 0.15) is 48.4 Å². The molecule has 0 amide bonds. The van der Waals surface area contributed by atoms with Crippen LogP contribution in [0, 0.1) is 0 Å². The lowest BCUT2D eigenvalue weighted by atomic mass is 9.78. The standard InChI is InChI=1S/C29H30N2O3/c1-4-18-12-14-19(15-13-18)20-16-24-27(25(32)17-20)28(31-23-10-6-5-9-22(23)30-24)21-8-7-11-26(33-2)29(21)34-3/h5-15,20,28,30-31H,4,16-17H2,1-3H3. The van der Waals surface area contributed by atoms with Gasteiger partial charge in [-0.2, -0.15) is 0 Å². The van der Waals surface area contributed by atoms with Crippen molar-refractivity contribution in [2.45, 2.75) is 38.1 Å². The van der Waals surface area contributed by atoms with Gasteiger partial charge < -0.3 is 20.1 Å². The second-order valence-electron chi connectivity index (χ2n) is 8.85. The maximum Gasteiger partial charge on any atom is 0.166 e. The molecule has 3 aromatic carbocycles. The first-order chi connectivity index (χ1) is 16.6. The molecule has 5 rings (SSSR count). The van der Waals surface area contributed by atoms with Crippen LogP contribution in [0.25, 0.3) is 0 Å². The lowest BCUT2D eigenvalue weighted by Crippen LogP contribution is -2.27. The van der Waals surface area contributed by atoms with Gasteiger partial charge in [-0.1, -0.05) is 55.5 Å². The number of ketones is 1. The van der Waals surface area contributed by atoms with Crippen molar-refractivity contribution < 1.29 is 14.3 Å². The van der Waals surface area contributed by atoms with Gasteiger partial charge in [0.15, 0.2) is 17.3 Å². The third-order valence-corrected chi connectivity index (χ3v) is 6.91. The number of carbonyl (C=O) groups excluding carboxylic acids is 1. The van der Waals surface area contributed by atoms with Crippen LogP contribution in [0.4, 0.5) is 11.4 Å². The Bertz CT molecular complexity index is 1250. The molecule has 0 fully saturated rings. The van der Waals surface area contributed by atoms with Crippen LogP contribution in [-0.4, -0.2) is 20.0 Å². The van der Waals surface area contributed by atoms with Gasteiger partial charge in [0, 0.05) is 23.3 Å². The van der Waals surface area contributed by atoms with Gasteiger partial charge >= 0.3 is 0 Å². The van der Waals surface area contributed by atoms with E-state index in [0.29, 0.717) is 17.9 Å². The third kappa shape index (κ3) is 3.92. The molecule has 0 bridgehead atoms. The highest BCUT2D eigenvalue weighted by Gasteiger charge is 2.37. The summed E-state index contributed by atoms with van der Waals surface area (Å²) in [7, 11) is 3.27. The van der Waals surface area contributed by atoms with Crippen molar-refractivity contribution >= 4 is 17.2 Å². The molecule has 2 N–H and O–H groups in total. The second-order valence-corrected chi connectivity index (χ2v) is 8.85. The summed E-state index contributed by atoms with van der Waals surface area (Å²) >= 11 is 0. The Labute approximate surface area is 200 Å². The molecule has 3 aromatic rings. The Kier molecular flexibility index (Phi) is 6.01. The van der Waals surface area contributed by atoms with E-state index in [1.807, 2.05) is 42.5 Å². The summed E-state index contributed by atoms with van der Waals surface area (Å²) in [6.45, 7) is 2.16. The Hall–Kier alpha value is -3.73. The van der Waals surface area contributed by atoms with E-state index in [9.17, 15) is 4.79 Å². The summed E-state index contributed by atoms with van der Waals surface area (Å²) in [5, 5.41) is 7.23. The van der Waals surface area contributed by atoms with Gasteiger partial charge in [-0.05, 0) is 48.1 Å². The van der Waals surface area contributed by atoms with Crippen molar-refractivity contribution in [3.8, 4) is 11.5 Å². The highest BCUT2D eigenvalue weighted by Crippen LogP contribution is 2.47. The fourth-order valence-electron chi connectivity index (χ4n) is 5.13. The quantitative estimate of drug-likeness (QED) is 0.477. The Balaban J connectivity index is 1.62. The normalized spacial score (nSPS) is 19.3. The number of anilines is 2. The van der Waals surface area contributed by atoms with Crippen LogP contribution in [0.15, 0.2) is 78.0 Å². The Morgan fingerprint density at radius 2 is 1.65 bits per heavy atom. The minimum absolute atomic E-state index is 0.141. The molecule has 2 atom stereocenters. The number of hydrogen-bond donors (Lipinski definition) is 2. The van der Waals surface area contributed by atoms with Crippen molar-refractivity contribution in [2.24, 2.45) is 0 Å². The molecule has 5 nitrogen and oxygen atoms in total. The van der Waals surface area contributed by atoms with E-state index in [2.05, 4.69) is 41.8 Å². The Morgan fingerprint density at radius 1 is 0.882 bits per heavy atom. The molecule has 0 spiro atoms. The molecule has 0 saturated heterocycles. The summed E-state index contributed by atoms with van der Waals surface area (Å²) in [5.41, 5.74) is 7.04. The summed E-state index contributed by atoms with van der Waals surface area (Å²) < 4.78 is 11.3. The average Bonchev–Trinajstić information content (AvgIpc) is 3.05. The fraction of sp³-hybridized carbons (Fsp3) is 0.276. The van der Waals surface area contributed by atoms with E-state index in [1.54, 1.807) is 14.2 Å². The molecule has 1 aliphatic heterocycles. The second kappa shape index (κ2) is 9.26. The zero-order chi connectivity index (χ0) is 23.7. The number of ether oxygens (including phenoxy) is 2. The number of hydrogen-bond acceptors (Lipinski definition) is 5. The van der Waals surface area contributed by atoms with E-state index in [1.165, 1.54) is 11.1 Å². The van der Waals surface area contributed by atoms with Crippen LogP contribution >= 0.6 is 0 Å². The number of benzene rings is 3. The van der Waals surface area contributed by atoms with Crippen molar-refractivity contribution in [1.82, 2.24) is 0 Å². The molecule has 0 aromatic heterocycles. The summed E-state index contributed by atoms with van der Waals surface area (Å²) in [4.78, 5) is 13.8. The summed E-state index contributed by atoms with van der Waals surface area (Å²) in [6.07, 6.45) is 2.26. The van der Waals surface area contributed by atoms with Crippen LogP contribution in [0.5, 0.6) is 11.5 Å². The van der Waals surface area contributed by atoms with E-state index in [-0.39, 0.29) is 17.7 Å². The minimum atomic E-state index is -0.355. The SMILES string of the molecule is CCc1ccc(C2CC(=O)C3=C(C2)Nc2ccccc2NC3c2cccc(OC)c2OC)cc1. The van der Waals surface area contributed by atoms with Crippen molar-refractivity contribution in [2.75, 3.05) is 24.9 Å². The van der Waals surface area contributed by atoms with Crippen LogP contribution < -0.4 is 20.1 Å². The molecule has 34 heavy (non-hydrogen) atoms. The number of allylic oxidation sites excluding steroid dienone is 1. The number of Topliss-reactive ketones (excluding diaryl/α,β-unsaturated/α-hetero) is 1. The smallest absolute Gasteiger partial charge is 0.166 e. The predicted octanol–water partition coefficient (Wildman–Crippen LogP) is 6.25. The molecule has 0 saturated carbocycles. The molecular weight excluding hydrogens is 424 g/mol. The molecule has 0 radical (unpaired) electrons. The highest BCUT2D eigenvalue weighted by atomic mass is 16.5. The fourth-order valence-corrected chi connectivity index (χ4v) is 5.13. The van der Waals surface area contributed by atoms with Crippen LogP contribution in [0.2, 0.25) is 0 Å². The monoisotopic (exact) mass is 454 g/mol. The zero-order valence-electron chi connectivity index (χ0n) is 19.9. The number of methoxy groups -OCH3 is 2. The van der Waals surface area contributed by atoms with Gasteiger partial charge in [0.1, 0.15) is 0 Å². The Morgan fingerprint density at radius 3 is 2.35 bits per heavy atom. The lowest BCUT2D eigenvalue weighted by molar-refractivity contribution is -0.116. The van der Waals surface area contributed by atoms with E-state index in [0.717, 1.165) is 41.1 Å². The zero-order valence-corrected chi connectivity index (χ0v) is 19.9. The van der Waals surface area contributed by atoms with E-state index < -0.39 is 0 Å². The largest absolute Gasteiger partial charge is 0.493 e. The van der Waals surface area contributed by atoms with Gasteiger partial charge in [0.05, 0.1) is 31.6 Å². The van der Waals surface area contributed by atoms with Gasteiger partial charge in [-0.25, -0.2) is 0 Å². The number of para-hydroxylation sites is 3. The highest BCUT2D eigenvalue weighted by molar-refractivity contribution is 6.01. The van der Waals surface area contributed by atoms with E-state index >= 15 is 0 Å². The number of fused-ring (bicyclic) bond motifs is 1. The number of carbonyl (C=O) groups is 1. The first kappa shape index (κ1) is 22.1. The molecular formula is C29H30N2O3. The van der Waals surface area contributed by atoms with Crippen molar-refractivity contribution in [3.05, 3.63) is 94.7 Å². The molecule has 2 aliphatic rings. The van der Waals surface area contributed by atoms with Gasteiger partial charge in [-0.3, -0.25) is 4.79 Å². The van der Waals surface area contributed by atoms with Gasteiger partial charge in [0.25, 0.3) is 0 Å². The average molecular weight is 455 g/mol. The lowest BCUT2D eigenvalue weighted by Gasteiger charge is -2.30. The van der Waals surface area contributed by atoms with Crippen molar-refractivity contribution in [1.29, 1.82) is 0 Å². The summed E-state index contributed by atoms with van der Waals surface area (Å²) in [5.74, 6) is 1.57. The maximum atomic E-state index is 13.8. The first-order valence-electron chi connectivity index (χ1n) is 11.8. The van der Waals surface area contributed by atoms with Crippen LogP contribution in [-0.2, 0) is 11.2 Å². The van der Waals surface area contributed by atoms with E-state index in [4.69, 9.17) is 9.47 Å². The van der Waals surface area contributed by atoms with Gasteiger partial charge in [-0.15, -0.1) is 0 Å². The molecule has 174 valence electrons. The van der Waals surface area contributed by atoms with Gasteiger partial charge in [0.2, 0.25) is 0 Å². The van der Waals surface area contributed by atoms with Crippen LogP contribution in [0.3, 0.4) is 0 Å². The van der Waals surface area contributed by atoms with Crippen molar-refractivity contribution in [3.63, 3.8) is 0 Å². The molecule has 1 heterocycles. The molecule has 1 aliphatic carbocycles. The molecule has 2 unspecified atom stereocenters. The number of aryl methyl sites for hydroxylation is 1. The summed E-state index contributed by atoms with van der Waals surface area (Å²) in [6, 6.07) is 22.2. The number of nitrogens with one attached hydrogen (secondary N) is 2. The predicted molar refractivity (Wildman–Crippen MR) is 136 cm³/mol. The molecule has 5 heteroatoms. The number of rotatable bonds is 5. The maximum absolute atomic E-state index is 13.8.